The molecule has 0 aliphatic carbocycles. The van der Waals surface area contributed by atoms with Gasteiger partial charge in [-0.15, -0.1) is 0 Å². The van der Waals surface area contributed by atoms with E-state index in [1.165, 1.54) is 0 Å². The van der Waals surface area contributed by atoms with E-state index in [9.17, 15) is 9.90 Å². The number of phenols is 1. The molecule has 0 aliphatic heterocycles. The van der Waals surface area contributed by atoms with Crippen molar-refractivity contribution in [2.45, 2.75) is 26.7 Å². The molecule has 0 saturated heterocycles. The minimum absolute atomic E-state index is 0.146. The van der Waals surface area contributed by atoms with Crippen LogP contribution in [0.3, 0.4) is 0 Å². The quantitative estimate of drug-likeness (QED) is 0.287. The van der Waals surface area contributed by atoms with E-state index in [2.05, 4.69) is 11.4 Å². The van der Waals surface area contributed by atoms with Crippen LogP contribution in [0, 0.1) is 6.92 Å². The van der Waals surface area contributed by atoms with Gasteiger partial charge in [0.15, 0.2) is 5.82 Å². The summed E-state index contributed by atoms with van der Waals surface area (Å²) < 4.78 is 0. The number of rotatable bonds is 6. The number of amides is 1. The summed E-state index contributed by atoms with van der Waals surface area (Å²) in [5.74, 6) is 0.513. The zero-order valence-corrected chi connectivity index (χ0v) is 20.3. The molecule has 5 heteroatoms. The van der Waals surface area contributed by atoms with Crippen LogP contribution >= 0.6 is 0 Å². The number of benzene rings is 4. The highest BCUT2D eigenvalue weighted by molar-refractivity contribution is 5.95. The van der Waals surface area contributed by atoms with Crippen molar-refractivity contribution >= 4 is 22.5 Å². The molecule has 0 aliphatic rings. The van der Waals surface area contributed by atoms with Crippen molar-refractivity contribution in [1.29, 1.82) is 0 Å². The molecule has 0 bridgehead atoms. The molecule has 1 amide bonds. The van der Waals surface area contributed by atoms with E-state index >= 15 is 0 Å². The maximum Gasteiger partial charge on any atom is 0.230 e. The van der Waals surface area contributed by atoms with Crippen molar-refractivity contribution in [3.63, 3.8) is 0 Å². The van der Waals surface area contributed by atoms with Gasteiger partial charge < -0.3 is 10.4 Å². The zero-order chi connectivity index (χ0) is 25.1. The van der Waals surface area contributed by atoms with Crippen LogP contribution in [0.15, 0.2) is 91.0 Å². The number of nitrogens with zero attached hydrogens (tertiary/aromatic N) is 2. The standard InChI is InChI=1S/C31H27N3O2/c1-3-27-30(26-16-15-25(35)17-20(26)2)34-29(23-10-5-4-6-11-23)31(32-27)33-28(36)19-21-13-14-22-9-7-8-12-24(22)18-21/h4-18,35H,3,19H2,1-2H3,(H,32,33,36). The number of aromatic hydroxyl groups is 1. The van der Waals surface area contributed by atoms with Gasteiger partial charge in [-0.25, -0.2) is 9.97 Å². The average Bonchev–Trinajstić information content (AvgIpc) is 2.89. The molecule has 0 fully saturated rings. The van der Waals surface area contributed by atoms with Crippen LogP contribution < -0.4 is 5.32 Å². The first-order valence-corrected chi connectivity index (χ1v) is 12.1. The van der Waals surface area contributed by atoms with Gasteiger partial charge in [0.2, 0.25) is 5.91 Å². The second-order valence-corrected chi connectivity index (χ2v) is 8.84. The first-order chi connectivity index (χ1) is 17.5. The highest BCUT2D eigenvalue weighted by Crippen LogP contribution is 2.33. The van der Waals surface area contributed by atoms with Crippen LogP contribution in [-0.4, -0.2) is 21.0 Å². The molecular weight excluding hydrogens is 446 g/mol. The third kappa shape index (κ3) is 4.82. The number of aryl methyl sites for hydroxylation is 2. The Morgan fingerprint density at radius 1 is 0.833 bits per heavy atom. The fraction of sp³-hybridized carbons (Fsp3) is 0.129. The highest BCUT2D eigenvalue weighted by Gasteiger charge is 2.19. The molecule has 1 aromatic heterocycles. The third-order valence-electron chi connectivity index (χ3n) is 6.25. The van der Waals surface area contributed by atoms with Crippen molar-refractivity contribution in [2.75, 3.05) is 5.32 Å². The second-order valence-electron chi connectivity index (χ2n) is 8.84. The van der Waals surface area contributed by atoms with Crippen LogP contribution in [-0.2, 0) is 17.6 Å². The van der Waals surface area contributed by atoms with E-state index in [1.807, 2.05) is 86.6 Å². The van der Waals surface area contributed by atoms with Gasteiger partial charge in [-0.1, -0.05) is 79.7 Å². The van der Waals surface area contributed by atoms with Crippen molar-refractivity contribution in [3.8, 4) is 28.3 Å². The fourth-order valence-electron chi connectivity index (χ4n) is 4.44. The van der Waals surface area contributed by atoms with Crippen LogP contribution in [0.2, 0.25) is 0 Å². The Kier molecular flexibility index (Phi) is 6.46. The van der Waals surface area contributed by atoms with E-state index in [0.717, 1.165) is 44.4 Å². The number of hydrogen-bond acceptors (Lipinski definition) is 4. The molecule has 0 radical (unpaired) electrons. The predicted molar refractivity (Wildman–Crippen MR) is 145 cm³/mol. The summed E-state index contributed by atoms with van der Waals surface area (Å²) >= 11 is 0. The van der Waals surface area contributed by atoms with Crippen molar-refractivity contribution in [2.24, 2.45) is 0 Å². The highest BCUT2D eigenvalue weighted by atomic mass is 16.3. The van der Waals surface area contributed by atoms with Gasteiger partial charge in [-0.2, -0.15) is 0 Å². The molecule has 36 heavy (non-hydrogen) atoms. The van der Waals surface area contributed by atoms with Crippen LogP contribution in [0.5, 0.6) is 5.75 Å². The maximum absolute atomic E-state index is 13.1. The molecule has 2 N–H and O–H groups in total. The van der Waals surface area contributed by atoms with Gasteiger partial charge in [0.25, 0.3) is 0 Å². The third-order valence-corrected chi connectivity index (χ3v) is 6.25. The lowest BCUT2D eigenvalue weighted by atomic mass is 10.0. The Labute approximate surface area is 210 Å². The van der Waals surface area contributed by atoms with Gasteiger partial charge in [0, 0.05) is 11.1 Å². The smallest absolute Gasteiger partial charge is 0.230 e. The summed E-state index contributed by atoms with van der Waals surface area (Å²) in [6, 6.07) is 29.2. The molecule has 5 rings (SSSR count). The van der Waals surface area contributed by atoms with E-state index in [1.54, 1.807) is 12.1 Å². The first kappa shape index (κ1) is 23.2. The molecule has 0 atom stereocenters. The summed E-state index contributed by atoms with van der Waals surface area (Å²) in [4.78, 5) is 23.0. The van der Waals surface area contributed by atoms with Gasteiger partial charge >= 0.3 is 0 Å². The Hall–Kier alpha value is -4.51. The van der Waals surface area contributed by atoms with Crippen LogP contribution in [0.25, 0.3) is 33.3 Å². The monoisotopic (exact) mass is 473 g/mol. The summed E-state index contributed by atoms with van der Waals surface area (Å²) in [6.07, 6.45) is 0.881. The maximum atomic E-state index is 13.1. The Morgan fingerprint density at radius 3 is 2.33 bits per heavy atom. The fourth-order valence-corrected chi connectivity index (χ4v) is 4.44. The summed E-state index contributed by atoms with van der Waals surface area (Å²) in [5, 5.41) is 15.2. The van der Waals surface area contributed by atoms with Crippen LogP contribution in [0.1, 0.15) is 23.7 Å². The average molecular weight is 474 g/mol. The second kappa shape index (κ2) is 10.0. The van der Waals surface area contributed by atoms with Gasteiger partial charge in [0.05, 0.1) is 17.8 Å². The molecule has 4 aromatic carbocycles. The molecule has 5 nitrogen and oxygen atoms in total. The topological polar surface area (TPSA) is 75.1 Å². The largest absolute Gasteiger partial charge is 0.508 e. The number of hydrogen-bond donors (Lipinski definition) is 2. The minimum Gasteiger partial charge on any atom is -0.508 e. The molecule has 5 aromatic rings. The molecule has 178 valence electrons. The molecule has 1 heterocycles. The zero-order valence-electron chi connectivity index (χ0n) is 20.3. The summed E-state index contributed by atoms with van der Waals surface area (Å²) in [5.41, 5.74) is 5.77. The lowest BCUT2D eigenvalue weighted by Crippen LogP contribution is -2.17. The Balaban J connectivity index is 1.53. The molecule has 0 spiro atoms. The number of carbonyl (C=O) groups is 1. The lowest BCUT2D eigenvalue weighted by Gasteiger charge is -2.16. The van der Waals surface area contributed by atoms with Gasteiger partial charge in [0.1, 0.15) is 11.4 Å². The van der Waals surface area contributed by atoms with Gasteiger partial charge in [-0.05, 0) is 53.4 Å². The number of aromatic nitrogens is 2. The Morgan fingerprint density at radius 2 is 1.58 bits per heavy atom. The molecular formula is C31H27N3O2. The SMILES string of the molecule is CCc1nc(NC(=O)Cc2ccc3ccccc3c2)c(-c2ccccc2)nc1-c1ccc(O)cc1C. The van der Waals surface area contributed by atoms with Gasteiger partial charge in [-0.3, -0.25) is 4.79 Å². The lowest BCUT2D eigenvalue weighted by molar-refractivity contribution is -0.115. The predicted octanol–water partition coefficient (Wildman–Crippen LogP) is 6.72. The van der Waals surface area contributed by atoms with E-state index < -0.39 is 0 Å². The van der Waals surface area contributed by atoms with Crippen molar-refractivity contribution in [3.05, 3.63) is 108 Å². The number of phenolic OH excluding ortho intramolecular Hbond substituents is 1. The molecule has 0 saturated carbocycles. The minimum atomic E-state index is -0.146. The normalized spacial score (nSPS) is 10.9. The van der Waals surface area contributed by atoms with Crippen molar-refractivity contribution in [1.82, 2.24) is 9.97 Å². The first-order valence-electron chi connectivity index (χ1n) is 12.1. The number of anilines is 1. The summed E-state index contributed by atoms with van der Waals surface area (Å²) in [6.45, 7) is 3.96. The van der Waals surface area contributed by atoms with E-state index in [4.69, 9.17) is 9.97 Å². The number of carbonyl (C=O) groups excluding carboxylic acids is 1. The van der Waals surface area contributed by atoms with E-state index in [-0.39, 0.29) is 18.1 Å². The Bertz CT molecular complexity index is 1560. The number of fused-ring (bicyclic) bond motifs is 1. The van der Waals surface area contributed by atoms with E-state index in [0.29, 0.717) is 17.9 Å². The molecule has 0 unspecified atom stereocenters. The van der Waals surface area contributed by atoms with Crippen molar-refractivity contribution < 1.29 is 9.90 Å². The number of nitrogens with one attached hydrogen (secondary N) is 1. The summed E-state index contributed by atoms with van der Waals surface area (Å²) in [7, 11) is 0. The van der Waals surface area contributed by atoms with Crippen LogP contribution in [0.4, 0.5) is 5.82 Å².